The van der Waals surface area contributed by atoms with Gasteiger partial charge in [0.1, 0.15) is 17.6 Å². The van der Waals surface area contributed by atoms with Crippen LogP contribution in [0.15, 0.2) is 78.9 Å². The van der Waals surface area contributed by atoms with Gasteiger partial charge in [0, 0.05) is 19.2 Å². The summed E-state index contributed by atoms with van der Waals surface area (Å²) in [6.45, 7) is 2.28. The maximum Gasteiger partial charge on any atom is 0.116 e. The topological polar surface area (TPSA) is 52.9 Å². The van der Waals surface area contributed by atoms with E-state index in [1.165, 1.54) is 24.9 Å². The van der Waals surface area contributed by atoms with Gasteiger partial charge < -0.3 is 19.8 Å². The number of piperidine rings is 1. The van der Waals surface area contributed by atoms with E-state index < -0.39 is 0 Å². The van der Waals surface area contributed by atoms with E-state index in [4.69, 9.17) is 4.74 Å². The van der Waals surface area contributed by atoms with Crippen LogP contribution in [0.25, 0.3) is 21.9 Å². The number of phenolic OH excluding ortho intramolecular Hbond substituents is 2. The number of likely N-dealkylation sites (tertiary alicyclic amines) is 1. The Morgan fingerprint density at radius 3 is 2.32 bits per heavy atom. The number of phenols is 2. The first-order valence-electron chi connectivity index (χ1n) is 11.9. The maximum atomic E-state index is 10.1. The summed E-state index contributed by atoms with van der Waals surface area (Å²) >= 11 is 0. The van der Waals surface area contributed by atoms with Gasteiger partial charge >= 0.3 is 0 Å². The molecule has 2 N–H and O–H groups in total. The van der Waals surface area contributed by atoms with Crippen LogP contribution in [0.3, 0.4) is 0 Å². The summed E-state index contributed by atoms with van der Waals surface area (Å²) in [7, 11) is 3.94. The molecule has 1 heterocycles. The molecule has 0 radical (unpaired) electrons. The van der Waals surface area contributed by atoms with Gasteiger partial charge in [-0.25, -0.2) is 0 Å². The average Bonchev–Trinajstić information content (AvgIpc) is 2.85. The molecule has 4 heteroatoms. The minimum absolute atomic E-state index is 0.239. The van der Waals surface area contributed by atoms with E-state index in [0.717, 1.165) is 39.6 Å². The van der Waals surface area contributed by atoms with Crippen molar-refractivity contribution in [2.45, 2.75) is 24.9 Å². The number of ether oxygens (including phenoxy) is 1. The van der Waals surface area contributed by atoms with Crippen LogP contribution in [0.1, 0.15) is 41.6 Å². The van der Waals surface area contributed by atoms with Gasteiger partial charge in [0.05, 0.1) is 0 Å². The highest BCUT2D eigenvalue weighted by molar-refractivity contribution is 5.93. The third kappa shape index (κ3) is 4.39. The van der Waals surface area contributed by atoms with Crippen molar-refractivity contribution in [3.05, 3.63) is 95.6 Å². The van der Waals surface area contributed by atoms with Gasteiger partial charge in [-0.1, -0.05) is 54.6 Å². The lowest BCUT2D eigenvalue weighted by Gasteiger charge is -2.30. The molecule has 2 atom stereocenters. The predicted molar refractivity (Wildman–Crippen MR) is 137 cm³/mol. The molecule has 1 aliphatic heterocycles. The Hall–Kier alpha value is -3.34. The van der Waals surface area contributed by atoms with E-state index in [1.807, 2.05) is 24.3 Å². The van der Waals surface area contributed by atoms with Gasteiger partial charge in [0.15, 0.2) is 0 Å². The molecule has 1 fully saturated rings. The highest BCUT2D eigenvalue weighted by Crippen LogP contribution is 2.40. The Morgan fingerprint density at radius 2 is 1.62 bits per heavy atom. The molecule has 4 aromatic rings. The average molecular weight is 454 g/mol. The van der Waals surface area contributed by atoms with E-state index in [1.54, 1.807) is 31.4 Å². The largest absolute Gasteiger partial charge is 0.508 e. The standard InChI is InChI=1S/C30H31NO3/c1-31-17-3-4-24(19-31)20-5-7-22(8-6-20)30(34-2)29-27(21-9-12-25(32)13-10-21)15-11-23-18-26(33)14-16-28(23)29/h5-16,18,24,30,32-33H,3-4,17,19H2,1-2H3. The molecule has 1 aliphatic rings. The molecule has 0 aromatic heterocycles. The normalized spacial score (nSPS) is 17.6. The Morgan fingerprint density at radius 1 is 0.882 bits per heavy atom. The van der Waals surface area contributed by atoms with Crippen LogP contribution in [0.2, 0.25) is 0 Å². The summed E-state index contributed by atoms with van der Waals surface area (Å²) in [5, 5.41) is 21.9. The van der Waals surface area contributed by atoms with Crippen LogP contribution >= 0.6 is 0 Å². The van der Waals surface area contributed by atoms with Gasteiger partial charge in [-0.05, 0) is 89.6 Å². The molecule has 0 bridgehead atoms. The zero-order chi connectivity index (χ0) is 23.7. The SMILES string of the molecule is COC(c1ccc(C2CCCN(C)C2)cc1)c1c(-c2ccc(O)cc2)ccc2cc(O)ccc12. The smallest absolute Gasteiger partial charge is 0.116 e. The summed E-state index contributed by atoms with van der Waals surface area (Å²) in [4.78, 5) is 2.41. The van der Waals surface area contributed by atoms with Crippen molar-refractivity contribution < 1.29 is 14.9 Å². The molecule has 2 unspecified atom stereocenters. The number of hydrogen-bond acceptors (Lipinski definition) is 4. The summed E-state index contributed by atoms with van der Waals surface area (Å²) in [6, 6.07) is 25.7. The van der Waals surface area contributed by atoms with Crippen LogP contribution in [0, 0.1) is 0 Å². The van der Waals surface area contributed by atoms with Crippen molar-refractivity contribution in [1.29, 1.82) is 0 Å². The minimum atomic E-state index is -0.278. The molecule has 1 saturated heterocycles. The molecule has 174 valence electrons. The number of aromatic hydroxyl groups is 2. The van der Waals surface area contributed by atoms with Gasteiger partial charge in [-0.3, -0.25) is 0 Å². The van der Waals surface area contributed by atoms with Crippen molar-refractivity contribution in [3.8, 4) is 22.6 Å². The van der Waals surface area contributed by atoms with Crippen molar-refractivity contribution in [1.82, 2.24) is 4.90 Å². The molecule has 0 spiro atoms. The van der Waals surface area contributed by atoms with Crippen molar-refractivity contribution in [2.24, 2.45) is 0 Å². The number of hydrogen-bond donors (Lipinski definition) is 2. The minimum Gasteiger partial charge on any atom is -0.508 e. The zero-order valence-electron chi connectivity index (χ0n) is 19.7. The first-order valence-corrected chi connectivity index (χ1v) is 11.9. The van der Waals surface area contributed by atoms with Crippen molar-refractivity contribution in [3.63, 3.8) is 0 Å². The second-order valence-corrected chi connectivity index (χ2v) is 9.36. The lowest BCUT2D eigenvalue weighted by molar-refractivity contribution is 0.138. The third-order valence-electron chi connectivity index (χ3n) is 7.06. The fraction of sp³-hybridized carbons (Fsp3) is 0.267. The Labute approximate surface area is 201 Å². The van der Waals surface area contributed by atoms with Crippen molar-refractivity contribution in [2.75, 3.05) is 27.2 Å². The molecule has 4 nitrogen and oxygen atoms in total. The van der Waals surface area contributed by atoms with Crippen LogP contribution in [0.5, 0.6) is 11.5 Å². The molecule has 0 saturated carbocycles. The zero-order valence-corrected chi connectivity index (χ0v) is 19.7. The van der Waals surface area contributed by atoms with E-state index >= 15 is 0 Å². The molecule has 0 amide bonds. The predicted octanol–water partition coefficient (Wildman–Crippen LogP) is 6.46. The number of methoxy groups -OCH3 is 1. The lowest BCUT2D eigenvalue weighted by atomic mass is 9.86. The fourth-order valence-electron chi connectivity index (χ4n) is 5.32. The summed E-state index contributed by atoms with van der Waals surface area (Å²) in [6.07, 6.45) is 2.19. The van der Waals surface area contributed by atoms with E-state index in [9.17, 15) is 10.2 Å². The lowest BCUT2D eigenvalue weighted by Crippen LogP contribution is -2.30. The van der Waals surface area contributed by atoms with Gasteiger partial charge in [-0.15, -0.1) is 0 Å². The molecule has 34 heavy (non-hydrogen) atoms. The molecular formula is C30H31NO3. The number of benzene rings is 4. The van der Waals surface area contributed by atoms with Crippen LogP contribution in [-0.2, 0) is 4.74 Å². The quantitative estimate of drug-likeness (QED) is 0.364. The Kier molecular flexibility index (Phi) is 6.27. The van der Waals surface area contributed by atoms with E-state index in [2.05, 4.69) is 42.3 Å². The second-order valence-electron chi connectivity index (χ2n) is 9.36. The summed E-state index contributed by atoms with van der Waals surface area (Å²) < 4.78 is 6.13. The maximum absolute atomic E-state index is 10.1. The fourth-order valence-corrected chi connectivity index (χ4v) is 5.32. The van der Waals surface area contributed by atoms with E-state index in [-0.39, 0.29) is 17.6 Å². The Balaban J connectivity index is 1.60. The number of likely N-dealkylation sites (N-methyl/N-ethyl adjacent to an activating group) is 1. The highest BCUT2D eigenvalue weighted by atomic mass is 16.5. The van der Waals surface area contributed by atoms with E-state index in [0.29, 0.717) is 5.92 Å². The molecule has 5 rings (SSSR count). The molecule has 0 aliphatic carbocycles. The highest BCUT2D eigenvalue weighted by Gasteiger charge is 2.23. The third-order valence-corrected chi connectivity index (χ3v) is 7.06. The summed E-state index contributed by atoms with van der Waals surface area (Å²) in [5.41, 5.74) is 5.58. The number of fused-ring (bicyclic) bond motifs is 1. The van der Waals surface area contributed by atoms with Crippen molar-refractivity contribution >= 4 is 10.8 Å². The first-order chi connectivity index (χ1) is 16.5. The number of nitrogens with zero attached hydrogens (tertiary/aromatic N) is 1. The Bertz CT molecular complexity index is 1280. The van der Waals surface area contributed by atoms with Gasteiger partial charge in [0.25, 0.3) is 0 Å². The van der Waals surface area contributed by atoms with Crippen LogP contribution in [-0.4, -0.2) is 42.4 Å². The van der Waals surface area contributed by atoms with Gasteiger partial charge in [0.2, 0.25) is 0 Å². The molecule has 4 aromatic carbocycles. The monoisotopic (exact) mass is 453 g/mol. The molecular weight excluding hydrogens is 422 g/mol. The summed E-state index contributed by atoms with van der Waals surface area (Å²) in [5.74, 6) is 1.05. The van der Waals surface area contributed by atoms with Gasteiger partial charge in [-0.2, -0.15) is 0 Å². The number of rotatable bonds is 5. The van der Waals surface area contributed by atoms with Crippen LogP contribution in [0.4, 0.5) is 0 Å². The first kappa shape index (κ1) is 22.5. The van der Waals surface area contributed by atoms with Crippen LogP contribution < -0.4 is 0 Å². The second kappa shape index (κ2) is 9.49.